The maximum Gasteiger partial charge on any atom is 0.455 e. The molecule has 4 aromatic carbocycles. The Morgan fingerprint density at radius 2 is 1.58 bits per heavy atom. The predicted molar refractivity (Wildman–Crippen MR) is 187 cm³/mol. The van der Waals surface area contributed by atoms with Crippen LogP contribution in [0, 0.1) is 17.8 Å². The van der Waals surface area contributed by atoms with Crippen LogP contribution >= 0.6 is 0 Å². The van der Waals surface area contributed by atoms with Crippen LogP contribution in [0.25, 0.3) is 11.6 Å². The maximum atomic E-state index is 14.1. The second-order valence-electron chi connectivity index (χ2n) is 12.7. The van der Waals surface area contributed by atoms with E-state index in [1.54, 1.807) is 30.3 Å². The lowest BCUT2D eigenvalue weighted by molar-refractivity contribution is -0.122. The summed E-state index contributed by atoms with van der Waals surface area (Å²) in [7, 11) is -1.11. The van der Waals surface area contributed by atoms with Gasteiger partial charge in [0.1, 0.15) is 5.75 Å². The number of anilines is 3. The average molecular weight is 641 g/mol. The van der Waals surface area contributed by atoms with Crippen LogP contribution in [0.2, 0.25) is 6.32 Å². The molecule has 2 aliphatic heterocycles. The minimum Gasteiger partial charge on any atom is -0.508 e. The molecule has 48 heavy (non-hydrogen) atoms. The molecule has 0 radical (unpaired) electrons. The van der Waals surface area contributed by atoms with E-state index in [0.29, 0.717) is 24.1 Å². The van der Waals surface area contributed by atoms with Crippen LogP contribution in [0.3, 0.4) is 0 Å². The fraction of sp³-hybridized carbons (Fsp3) is 0.231. The number of aliphatic hydroxyl groups is 1. The smallest absolute Gasteiger partial charge is 0.455 e. The van der Waals surface area contributed by atoms with Crippen molar-refractivity contribution in [1.82, 2.24) is 0 Å². The fourth-order valence-electron chi connectivity index (χ4n) is 7.60. The number of hydrogen-bond donors (Lipinski definition) is 4. The van der Waals surface area contributed by atoms with Crippen molar-refractivity contribution in [2.24, 2.45) is 17.8 Å². The number of allylic oxidation sites excluding steroid dienone is 1. The molecule has 7 rings (SSSR count). The van der Waals surface area contributed by atoms with Crippen molar-refractivity contribution < 1.29 is 29.5 Å². The third-order valence-electron chi connectivity index (χ3n) is 9.72. The molecular weight excluding hydrogens is 603 g/mol. The number of fused-ring (bicyclic) bond motifs is 3. The standard InChI is InChI=1S/C39H37BN2O6/c43-24-28-22-33-37(39(46)42(38(33)45)31-17-15-30(16-18-31)41-29-11-5-2-6-12-29)34-23-40(47)48-35(36(28)34)19-14-27(26-9-3-1-4-10-26)20-25-8-7-13-32(44)21-25/h1-13,15-18,20-21,33-35,37,41,43-44,47H,14,19,22-24H2/b27-20-/t33-,34+,35-,37-/m1/s1. The summed E-state index contributed by atoms with van der Waals surface area (Å²) in [5.41, 5.74) is 6.69. The highest BCUT2D eigenvalue weighted by atomic mass is 16.5. The summed E-state index contributed by atoms with van der Waals surface area (Å²) >= 11 is 0. The topological polar surface area (TPSA) is 119 Å². The Balaban J connectivity index is 1.14. The van der Waals surface area contributed by atoms with Crippen molar-refractivity contribution >= 4 is 47.6 Å². The number of nitrogens with zero attached hydrogens (tertiary/aromatic N) is 1. The number of nitrogens with one attached hydrogen (secondary N) is 1. The van der Waals surface area contributed by atoms with Gasteiger partial charge >= 0.3 is 7.12 Å². The van der Waals surface area contributed by atoms with Crippen molar-refractivity contribution in [3.63, 3.8) is 0 Å². The first-order valence-corrected chi connectivity index (χ1v) is 16.4. The van der Waals surface area contributed by atoms with E-state index < -0.39 is 31.0 Å². The maximum absolute atomic E-state index is 14.1. The van der Waals surface area contributed by atoms with Crippen LogP contribution in [0.5, 0.6) is 5.75 Å². The highest BCUT2D eigenvalue weighted by Gasteiger charge is 2.57. The van der Waals surface area contributed by atoms with Gasteiger partial charge in [-0.25, -0.2) is 0 Å². The molecule has 0 unspecified atom stereocenters. The van der Waals surface area contributed by atoms with E-state index in [-0.39, 0.29) is 36.9 Å². The number of imide groups is 1. The molecule has 8 nitrogen and oxygen atoms in total. The van der Waals surface area contributed by atoms with Gasteiger partial charge in [-0.05, 0) is 108 Å². The zero-order valence-electron chi connectivity index (χ0n) is 26.4. The number of amides is 2. The van der Waals surface area contributed by atoms with Gasteiger partial charge in [-0.2, -0.15) is 0 Å². The van der Waals surface area contributed by atoms with E-state index in [1.165, 1.54) is 4.90 Å². The summed E-state index contributed by atoms with van der Waals surface area (Å²) in [6, 6.07) is 34.0. The Morgan fingerprint density at radius 3 is 2.29 bits per heavy atom. The van der Waals surface area contributed by atoms with Gasteiger partial charge < -0.3 is 25.2 Å². The molecule has 0 aromatic heterocycles. The highest BCUT2D eigenvalue weighted by Crippen LogP contribution is 2.51. The number of para-hydroxylation sites is 1. The number of carbonyl (C=O) groups is 2. The molecule has 0 spiro atoms. The summed E-state index contributed by atoms with van der Waals surface area (Å²) in [6.45, 7) is -0.253. The molecular formula is C39H37BN2O6. The molecule has 0 saturated carbocycles. The Morgan fingerprint density at radius 1 is 0.875 bits per heavy atom. The van der Waals surface area contributed by atoms with Crippen LogP contribution in [0.1, 0.15) is 30.4 Å². The monoisotopic (exact) mass is 640 g/mol. The second-order valence-corrected chi connectivity index (χ2v) is 12.7. The number of hydrogen-bond acceptors (Lipinski definition) is 7. The Bertz CT molecular complexity index is 1860. The summed E-state index contributed by atoms with van der Waals surface area (Å²) in [5.74, 6) is -2.09. The molecule has 1 aliphatic carbocycles. The van der Waals surface area contributed by atoms with E-state index >= 15 is 0 Å². The van der Waals surface area contributed by atoms with Gasteiger partial charge in [0.2, 0.25) is 11.8 Å². The van der Waals surface area contributed by atoms with Gasteiger partial charge in [0.25, 0.3) is 0 Å². The minimum absolute atomic E-state index is 0.175. The first-order valence-electron chi connectivity index (χ1n) is 16.4. The quantitative estimate of drug-likeness (QED) is 0.0719. The van der Waals surface area contributed by atoms with E-state index in [9.17, 15) is 24.8 Å². The molecule has 4 atom stereocenters. The molecule has 2 fully saturated rings. The number of carbonyl (C=O) groups excluding carboxylic acids is 2. The zero-order valence-corrected chi connectivity index (χ0v) is 26.4. The van der Waals surface area contributed by atoms with Gasteiger partial charge in [-0.3, -0.25) is 14.5 Å². The Labute approximate surface area is 280 Å². The van der Waals surface area contributed by atoms with Gasteiger partial charge in [-0.1, -0.05) is 66.7 Å². The summed E-state index contributed by atoms with van der Waals surface area (Å²) in [4.78, 5) is 29.3. The number of rotatable bonds is 9. The van der Waals surface area contributed by atoms with Gasteiger partial charge in [0, 0.05) is 11.4 Å². The molecule has 0 bridgehead atoms. The number of benzene rings is 4. The first kappa shape index (κ1) is 31.6. The van der Waals surface area contributed by atoms with Crippen molar-refractivity contribution in [2.75, 3.05) is 16.8 Å². The summed E-state index contributed by atoms with van der Waals surface area (Å²) in [5, 5.41) is 34.9. The van der Waals surface area contributed by atoms with Crippen molar-refractivity contribution in [3.8, 4) is 5.75 Å². The molecule has 3 aliphatic rings. The summed E-state index contributed by atoms with van der Waals surface area (Å²) in [6.07, 6.45) is 2.99. The zero-order chi connectivity index (χ0) is 33.2. The van der Waals surface area contributed by atoms with E-state index in [1.807, 2.05) is 84.9 Å². The van der Waals surface area contributed by atoms with Crippen molar-refractivity contribution in [1.29, 1.82) is 0 Å². The second kappa shape index (κ2) is 13.6. The van der Waals surface area contributed by atoms with Gasteiger partial charge in [0.15, 0.2) is 0 Å². The normalized spacial score (nSPS) is 22.5. The Kier molecular flexibility index (Phi) is 8.99. The summed E-state index contributed by atoms with van der Waals surface area (Å²) < 4.78 is 6.13. The van der Waals surface area contributed by atoms with Crippen LogP contribution < -0.4 is 10.2 Å². The molecule has 4 aromatic rings. The largest absolute Gasteiger partial charge is 0.508 e. The lowest BCUT2D eigenvalue weighted by Crippen LogP contribution is -2.46. The van der Waals surface area contributed by atoms with Crippen molar-refractivity contribution in [2.45, 2.75) is 31.7 Å². The van der Waals surface area contributed by atoms with Crippen molar-refractivity contribution in [3.05, 3.63) is 131 Å². The third kappa shape index (κ3) is 6.32. The van der Waals surface area contributed by atoms with E-state index in [2.05, 4.69) is 5.32 Å². The van der Waals surface area contributed by atoms with E-state index in [4.69, 9.17) is 4.65 Å². The molecule has 2 amide bonds. The number of aliphatic hydroxyl groups excluding tert-OH is 1. The van der Waals surface area contributed by atoms with E-state index in [0.717, 1.165) is 33.6 Å². The Hall–Kier alpha value is -4.96. The lowest BCUT2D eigenvalue weighted by Gasteiger charge is -2.43. The van der Waals surface area contributed by atoms with Crippen LogP contribution in [-0.2, 0) is 14.2 Å². The van der Waals surface area contributed by atoms with Crippen LogP contribution in [0.15, 0.2) is 120 Å². The molecule has 9 heteroatoms. The molecule has 2 heterocycles. The van der Waals surface area contributed by atoms with Gasteiger partial charge in [-0.15, -0.1) is 0 Å². The highest BCUT2D eigenvalue weighted by molar-refractivity contribution is 6.43. The molecule has 2 saturated heterocycles. The van der Waals surface area contributed by atoms with Gasteiger partial charge in [0.05, 0.1) is 30.2 Å². The minimum atomic E-state index is -1.11. The average Bonchev–Trinajstić information content (AvgIpc) is 3.36. The number of aromatic hydroxyl groups is 1. The fourth-order valence-corrected chi connectivity index (χ4v) is 7.60. The molecule has 4 N–H and O–H groups in total. The predicted octanol–water partition coefficient (Wildman–Crippen LogP) is 6.45. The SMILES string of the molecule is O=C1[C@@H]2[C@@H](CC(CO)=C3[C@@H](CC/C(=C/c4cccc(O)c4)c4ccccc4)OB(O)C[C@@H]32)C(=O)N1c1ccc(Nc2ccccc2)cc1. The van der Waals surface area contributed by atoms with Crippen LogP contribution in [0.4, 0.5) is 17.1 Å². The third-order valence-corrected chi connectivity index (χ3v) is 9.72. The lowest BCUT2D eigenvalue weighted by atomic mass is 9.58. The molecule has 242 valence electrons. The first-order chi connectivity index (χ1) is 23.4. The number of phenolic OH excluding ortho intramolecular Hbond substituents is 1. The van der Waals surface area contributed by atoms with Crippen LogP contribution in [-0.4, -0.2) is 46.9 Å². The number of phenols is 1.